The fourth-order valence-electron chi connectivity index (χ4n) is 2.04. The van der Waals surface area contributed by atoms with Crippen LogP contribution < -0.4 is 5.32 Å². The fourth-order valence-corrected chi connectivity index (χ4v) is 2.75. The number of nitrogens with one attached hydrogen (secondary N) is 1. The normalized spacial score (nSPS) is 10.1. The molecule has 1 N–H and O–H groups in total. The van der Waals surface area contributed by atoms with Crippen LogP contribution in [0.4, 0.5) is 0 Å². The summed E-state index contributed by atoms with van der Waals surface area (Å²) in [6.07, 6.45) is 3.91. The van der Waals surface area contributed by atoms with Crippen molar-refractivity contribution in [2.75, 3.05) is 13.1 Å². The highest BCUT2D eigenvalue weighted by Gasteiger charge is 2.21. The minimum absolute atomic E-state index is 0.338. The molecule has 0 saturated heterocycles. The summed E-state index contributed by atoms with van der Waals surface area (Å²) in [5.74, 6) is -1.14. The zero-order valence-electron chi connectivity index (χ0n) is 12.8. The Morgan fingerprint density at radius 1 is 1.30 bits per heavy atom. The van der Waals surface area contributed by atoms with Crippen LogP contribution in [0.25, 0.3) is 0 Å². The lowest BCUT2D eigenvalue weighted by atomic mass is 10.2. The molecule has 0 aliphatic heterocycles. The molecule has 2 rings (SSSR count). The highest BCUT2D eigenvalue weighted by Crippen LogP contribution is 2.12. The van der Waals surface area contributed by atoms with Gasteiger partial charge < -0.3 is 10.2 Å². The lowest BCUT2D eigenvalue weighted by Crippen LogP contribution is -2.43. The topological polar surface area (TPSA) is 62.3 Å². The second kappa shape index (κ2) is 8.85. The van der Waals surface area contributed by atoms with Gasteiger partial charge in [-0.1, -0.05) is 18.2 Å². The van der Waals surface area contributed by atoms with Gasteiger partial charge in [0.05, 0.1) is 6.54 Å². The number of hydrogen-bond acceptors (Lipinski definition) is 4. The zero-order chi connectivity index (χ0) is 16.5. The summed E-state index contributed by atoms with van der Waals surface area (Å²) in [6, 6.07) is 9.47. The second-order valence-electron chi connectivity index (χ2n) is 4.88. The zero-order valence-corrected chi connectivity index (χ0v) is 13.6. The van der Waals surface area contributed by atoms with Gasteiger partial charge in [0.1, 0.15) is 0 Å². The van der Waals surface area contributed by atoms with Crippen LogP contribution in [-0.2, 0) is 22.6 Å². The maximum atomic E-state index is 12.3. The van der Waals surface area contributed by atoms with Gasteiger partial charge in [0, 0.05) is 36.3 Å². The van der Waals surface area contributed by atoms with E-state index in [1.807, 2.05) is 35.7 Å². The number of thiophene rings is 1. The van der Waals surface area contributed by atoms with Crippen LogP contribution >= 0.6 is 11.3 Å². The Morgan fingerprint density at radius 2 is 2.17 bits per heavy atom. The molecule has 2 amide bonds. The van der Waals surface area contributed by atoms with Crippen molar-refractivity contribution in [1.29, 1.82) is 0 Å². The van der Waals surface area contributed by atoms with Gasteiger partial charge in [-0.3, -0.25) is 14.6 Å². The third-order valence-electron chi connectivity index (χ3n) is 3.15. The first-order valence-electron chi connectivity index (χ1n) is 7.31. The van der Waals surface area contributed by atoms with E-state index in [1.165, 1.54) is 4.90 Å². The van der Waals surface area contributed by atoms with E-state index >= 15 is 0 Å². The Hall–Kier alpha value is -2.47. The van der Waals surface area contributed by atoms with Crippen molar-refractivity contribution in [3.05, 3.63) is 65.1 Å². The van der Waals surface area contributed by atoms with Gasteiger partial charge in [0.2, 0.25) is 0 Å². The quantitative estimate of drug-likeness (QED) is 0.624. The Morgan fingerprint density at radius 3 is 2.83 bits per heavy atom. The number of carbonyl (C=O) groups is 2. The number of carbonyl (C=O) groups excluding carboxylic acids is 2. The van der Waals surface area contributed by atoms with Crippen molar-refractivity contribution in [2.24, 2.45) is 0 Å². The summed E-state index contributed by atoms with van der Waals surface area (Å²) in [7, 11) is 0. The van der Waals surface area contributed by atoms with E-state index in [1.54, 1.807) is 23.6 Å². The molecule has 0 aliphatic rings. The number of amides is 2. The number of pyridine rings is 1. The molecule has 0 aliphatic carbocycles. The molecule has 23 heavy (non-hydrogen) atoms. The van der Waals surface area contributed by atoms with Crippen molar-refractivity contribution < 1.29 is 9.59 Å². The fraction of sp³-hybridized carbons (Fsp3) is 0.235. The summed E-state index contributed by atoms with van der Waals surface area (Å²) in [5, 5.41) is 4.59. The smallest absolute Gasteiger partial charge is 0.312 e. The molecule has 0 saturated carbocycles. The highest BCUT2D eigenvalue weighted by molar-refractivity contribution is 7.09. The SMILES string of the molecule is C=CCN(Cc1cccs1)C(=O)C(=O)NCCc1ccccn1. The van der Waals surface area contributed by atoms with Gasteiger partial charge >= 0.3 is 11.8 Å². The van der Waals surface area contributed by atoms with Gasteiger partial charge in [-0.05, 0) is 23.6 Å². The molecule has 0 bridgehead atoms. The molecule has 2 aromatic rings. The van der Waals surface area contributed by atoms with E-state index < -0.39 is 11.8 Å². The summed E-state index contributed by atoms with van der Waals surface area (Å²) < 4.78 is 0. The maximum absolute atomic E-state index is 12.3. The average Bonchev–Trinajstić information content (AvgIpc) is 3.08. The molecule has 120 valence electrons. The molecule has 0 spiro atoms. The summed E-state index contributed by atoms with van der Waals surface area (Å²) in [4.78, 5) is 31.0. The van der Waals surface area contributed by atoms with E-state index in [0.29, 0.717) is 26.1 Å². The summed E-state index contributed by atoms with van der Waals surface area (Å²) in [5.41, 5.74) is 0.877. The van der Waals surface area contributed by atoms with Crippen LogP contribution in [-0.4, -0.2) is 34.8 Å². The lowest BCUT2D eigenvalue weighted by molar-refractivity contribution is -0.145. The van der Waals surface area contributed by atoms with Crippen LogP contribution in [0.2, 0.25) is 0 Å². The van der Waals surface area contributed by atoms with Crippen molar-refractivity contribution >= 4 is 23.2 Å². The van der Waals surface area contributed by atoms with Gasteiger partial charge in [0.15, 0.2) is 0 Å². The van der Waals surface area contributed by atoms with Gasteiger partial charge in [-0.15, -0.1) is 17.9 Å². The van der Waals surface area contributed by atoms with E-state index in [9.17, 15) is 9.59 Å². The first-order valence-corrected chi connectivity index (χ1v) is 8.19. The largest absolute Gasteiger partial charge is 0.347 e. The number of nitrogens with zero attached hydrogens (tertiary/aromatic N) is 2. The van der Waals surface area contributed by atoms with Crippen molar-refractivity contribution in [2.45, 2.75) is 13.0 Å². The van der Waals surface area contributed by atoms with Gasteiger partial charge in [-0.25, -0.2) is 0 Å². The Labute approximate surface area is 139 Å². The molecule has 2 heterocycles. The third-order valence-corrected chi connectivity index (χ3v) is 4.01. The van der Waals surface area contributed by atoms with Crippen molar-refractivity contribution in [3.8, 4) is 0 Å². The molecule has 0 aromatic carbocycles. The standard InChI is InChI=1S/C17H19N3O2S/c1-2-11-20(13-15-7-5-12-23-15)17(22)16(21)19-10-8-14-6-3-4-9-18-14/h2-7,9,12H,1,8,10-11,13H2,(H,19,21). The van der Waals surface area contributed by atoms with Crippen LogP contribution in [0.5, 0.6) is 0 Å². The van der Waals surface area contributed by atoms with E-state index in [0.717, 1.165) is 10.6 Å². The van der Waals surface area contributed by atoms with E-state index in [-0.39, 0.29) is 0 Å². The monoisotopic (exact) mass is 329 g/mol. The predicted octanol–water partition coefficient (Wildman–Crippen LogP) is 2.02. The van der Waals surface area contributed by atoms with Gasteiger partial charge in [0.25, 0.3) is 0 Å². The Bertz CT molecular complexity index is 641. The summed E-state index contributed by atoms with van der Waals surface area (Å²) >= 11 is 1.55. The van der Waals surface area contributed by atoms with E-state index in [2.05, 4.69) is 16.9 Å². The lowest BCUT2D eigenvalue weighted by Gasteiger charge is -2.19. The van der Waals surface area contributed by atoms with Crippen LogP contribution in [0.1, 0.15) is 10.6 Å². The number of aromatic nitrogens is 1. The number of rotatable bonds is 7. The number of hydrogen-bond donors (Lipinski definition) is 1. The molecular formula is C17H19N3O2S. The second-order valence-corrected chi connectivity index (χ2v) is 5.91. The molecular weight excluding hydrogens is 310 g/mol. The summed E-state index contributed by atoms with van der Waals surface area (Å²) in [6.45, 7) is 4.77. The van der Waals surface area contributed by atoms with E-state index in [4.69, 9.17) is 0 Å². The predicted molar refractivity (Wildman–Crippen MR) is 90.9 cm³/mol. The molecule has 6 heteroatoms. The highest BCUT2D eigenvalue weighted by atomic mass is 32.1. The minimum Gasteiger partial charge on any atom is -0.347 e. The molecule has 0 fully saturated rings. The third kappa shape index (κ3) is 5.34. The maximum Gasteiger partial charge on any atom is 0.312 e. The Kier molecular flexibility index (Phi) is 6.50. The van der Waals surface area contributed by atoms with Crippen LogP contribution in [0.15, 0.2) is 54.6 Å². The minimum atomic E-state index is -0.598. The van der Waals surface area contributed by atoms with Crippen LogP contribution in [0, 0.1) is 0 Å². The average molecular weight is 329 g/mol. The Balaban J connectivity index is 1.85. The van der Waals surface area contributed by atoms with Gasteiger partial charge in [-0.2, -0.15) is 0 Å². The molecule has 0 radical (unpaired) electrons. The molecule has 2 aromatic heterocycles. The molecule has 0 atom stereocenters. The van der Waals surface area contributed by atoms with Crippen LogP contribution in [0.3, 0.4) is 0 Å². The van der Waals surface area contributed by atoms with Crippen molar-refractivity contribution in [3.63, 3.8) is 0 Å². The molecule has 5 nitrogen and oxygen atoms in total. The molecule has 0 unspecified atom stereocenters. The first-order chi connectivity index (χ1) is 11.2. The first kappa shape index (κ1) is 16.9. The van der Waals surface area contributed by atoms with Crippen molar-refractivity contribution in [1.82, 2.24) is 15.2 Å².